The van der Waals surface area contributed by atoms with Crippen LogP contribution in [0.3, 0.4) is 0 Å². The molecule has 2 rings (SSSR count). The van der Waals surface area contributed by atoms with E-state index in [1.165, 1.54) is 10.4 Å². The lowest BCUT2D eigenvalue weighted by molar-refractivity contribution is 0.884. The van der Waals surface area contributed by atoms with Crippen LogP contribution in [-0.2, 0) is 12.8 Å². The summed E-state index contributed by atoms with van der Waals surface area (Å²) < 4.78 is 0. The maximum atomic E-state index is 4.43. The van der Waals surface area contributed by atoms with Crippen LogP contribution in [0.15, 0.2) is 23.8 Å². The number of rotatable bonds is 9. The van der Waals surface area contributed by atoms with E-state index in [9.17, 15) is 0 Å². The third-order valence-electron chi connectivity index (χ3n) is 3.23. The molecule has 0 bridgehead atoms. The molecular weight excluding hydrogens is 280 g/mol. The Bertz CT molecular complexity index is 525. The quantitative estimate of drug-likeness (QED) is 0.736. The topological polar surface area (TPSA) is 49.8 Å². The lowest BCUT2D eigenvalue weighted by Crippen LogP contribution is -2.12. The number of aromatic nitrogens is 2. The van der Waals surface area contributed by atoms with E-state index in [1.807, 2.05) is 0 Å². The van der Waals surface area contributed by atoms with Crippen LogP contribution in [0.5, 0.6) is 0 Å². The van der Waals surface area contributed by atoms with Crippen LogP contribution in [-0.4, -0.2) is 23.1 Å². The van der Waals surface area contributed by atoms with Crippen LogP contribution in [0, 0.1) is 0 Å². The minimum Gasteiger partial charge on any atom is -0.370 e. The Labute approximate surface area is 131 Å². The number of hydrogen-bond acceptors (Lipinski definition) is 5. The van der Waals surface area contributed by atoms with Gasteiger partial charge >= 0.3 is 0 Å². The molecule has 0 aliphatic carbocycles. The lowest BCUT2D eigenvalue weighted by Gasteiger charge is -2.14. The molecule has 0 saturated heterocycles. The van der Waals surface area contributed by atoms with Crippen molar-refractivity contribution in [3.8, 4) is 0 Å². The predicted octanol–water partition coefficient (Wildman–Crippen LogP) is 3.97. The fourth-order valence-electron chi connectivity index (χ4n) is 2.21. The molecule has 2 aromatic rings. The first kappa shape index (κ1) is 15.8. The van der Waals surface area contributed by atoms with Crippen molar-refractivity contribution in [2.75, 3.05) is 23.7 Å². The highest BCUT2D eigenvalue weighted by molar-refractivity contribution is 7.09. The van der Waals surface area contributed by atoms with Crippen LogP contribution < -0.4 is 10.6 Å². The average molecular weight is 304 g/mol. The van der Waals surface area contributed by atoms with Crippen molar-refractivity contribution in [1.29, 1.82) is 0 Å². The van der Waals surface area contributed by atoms with E-state index in [0.29, 0.717) is 0 Å². The molecule has 5 heteroatoms. The van der Waals surface area contributed by atoms with Gasteiger partial charge in [-0.1, -0.05) is 26.3 Å². The summed E-state index contributed by atoms with van der Waals surface area (Å²) in [5, 5.41) is 8.99. The molecule has 0 spiro atoms. The van der Waals surface area contributed by atoms with Gasteiger partial charge in [0.1, 0.15) is 18.0 Å². The zero-order valence-electron chi connectivity index (χ0n) is 12.9. The van der Waals surface area contributed by atoms with E-state index >= 15 is 0 Å². The Balaban J connectivity index is 2.02. The van der Waals surface area contributed by atoms with Crippen molar-refractivity contribution < 1.29 is 0 Å². The number of thiophene rings is 1. The Kier molecular flexibility index (Phi) is 6.47. The average Bonchev–Trinajstić information content (AvgIpc) is 3.01. The van der Waals surface area contributed by atoms with Crippen molar-refractivity contribution in [3.63, 3.8) is 0 Å². The van der Waals surface area contributed by atoms with E-state index in [2.05, 4.69) is 52.0 Å². The largest absolute Gasteiger partial charge is 0.370 e. The summed E-state index contributed by atoms with van der Waals surface area (Å²) in [6, 6.07) is 4.27. The van der Waals surface area contributed by atoms with E-state index < -0.39 is 0 Å². The van der Waals surface area contributed by atoms with Gasteiger partial charge in [-0.25, -0.2) is 9.97 Å². The highest BCUT2D eigenvalue weighted by Crippen LogP contribution is 2.22. The summed E-state index contributed by atoms with van der Waals surface area (Å²) in [5.41, 5.74) is 1.21. The maximum Gasteiger partial charge on any atom is 0.134 e. The molecule has 2 aromatic heterocycles. The van der Waals surface area contributed by atoms with Gasteiger partial charge in [0.2, 0.25) is 0 Å². The first-order chi connectivity index (χ1) is 10.3. The molecule has 4 nitrogen and oxygen atoms in total. The van der Waals surface area contributed by atoms with Gasteiger partial charge < -0.3 is 10.6 Å². The Morgan fingerprint density at radius 3 is 2.38 bits per heavy atom. The zero-order chi connectivity index (χ0) is 14.9. The van der Waals surface area contributed by atoms with Crippen LogP contribution in [0.1, 0.15) is 37.1 Å². The minimum absolute atomic E-state index is 0.904. The number of nitrogens with zero attached hydrogens (tertiary/aromatic N) is 2. The first-order valence-corrected chi connectivity index (χ1v) is 8.57. The lowest BCUT2D eigenvalue weighted by atomic mass is 10.1. The summed E-state index contributed by atoms with van der Waals surface area (Å²) in [4.78, 5) is 10.2. The second kappa shape index (κ2) is 8.62. The van der Waals surface area contributed by atoms with Crippen molar-refractivity contribution >= 4 is 23.0 Å². The van der Waals surface area contributed by atoms with Gasteiger partial charge in [0, 0.05) is 23.5 Å². The second-order valence-corrected chi connectivity index (χ2v) is 6.01. The Morgan fingerprint density at radius 1 is 1.00 bits per heavy atom. The number of anilines is 2. The van der Waals surface area contributed by atoms with Crippen LogP contribution >= 0.6 is 11.3 Å². The van der Waals surface area contributed by atoms with Gasteiger partial charge in [0.25, 0.3) is 0 Å². The van der Waals surface area contributed by atoms with Crippen molar-refractivity contribution in [3.05, 3.63) is 34.3 Å². The van der Waals surface area contributed by atoms with Gasteiger partial charge in [-0.05, 0) is 30.7 Å². The molecule has 2 N–H and O–H groups in total. The summed E-state index contributed by atoms with van der Waals surface area (Å²) in [7, 11) is 0. The summed E-state index contributed by atoms with van der Waals surface area (Å²) in [5.74, 6) is 1.95. The van der Waals surface area contributed by atoms with Crippen LogP contribution in [0.4, 0.5) is 11.6 Å². The zero-order valence-corrected chi connectivity index (χ0v) is 13.7. The van der Waals surface area contributed by atoms with Crippen molar-refractivity contribution in [2.24, 2.45) is 0 Å². The third kappa shape index (κ3) is 4.70. The normalized spacial score (nSPS) is 10.6. The molecule has 0 saturated carbocycles. The molecule has 0 unspecified atom stereocenters. The van der Waals surface area contributed by atoms with E-state index in [-0.39, 0.29) is 0 Å². The van der Waals surface area contributed by atoms with Crippen molar-refractivity contribution in [2.45, 2.75) is 39.5 Å². The number of hydrogen-bond donors (Lipinski definition) is 2. The van der Waals surface area contributed by atoms with Gasteiger partial charge in [-0.2, -0.15) is 0 Å². The SMILES string of the molecule is CCCNc1ncnc(NCCc2cccs2)c1CCC. The smallest absolute Gasteiger partial charge is 0.134 e. The van der Waals surface area contributed by atoms with Crippen LogP contribution in [0.2, 0.25) is 0 Å². The molecule has 0 radical (unpaired) electrons. The summed E-state index contributed by atoms with van der Waals surface area (Å²) in [6.45, 7) is 6.20. The molecule has 0 aromatic carbocycles. The molecule has 21 heavy (non-hydrogen) atoms. The van der Waals surface area contributed by atoms with Crippen LogP contribution in [0.25, 0.3) is 0 Å². The Morgan fingerprint density at radius 2 is 1.76 bits per heavy atom. The fourth-order valence-corrected chi connectivity index (χ4v) is 2.92. The van der Waals surface area contributed by atoms with Gasteiger partial charge in [-0.15, -0.1) is 11.3 Å². The molecule has 114 valence electrons. The third-order valence-corrected chi connectivity index (χ3v) is 4.17. The van der Waals surface area contributed by atoms with E-state index in [1.54, 1.807) is 17.7 Å². The van der Waals surface area contributed by atoms with E-state index in [0.717, 1.165) is 50.4 Å². The molecule has 0 amide bonds. The minimum atomic E-state index is 0.904. The van der Waals surface area contributed by atoms with E-state index in [4.69, 9.17) is 0 Å². The standard InChI is InChI=1S/C16H24N4S/c1-3-6-14-15(17-9-4-2)19-12-20-16(14)18-10-8-13-7-5-11-21-13/h5,7,11-12H,3-4,6,8-10H2,1-2H3,(H2,17,18,19,20). The van der Waals surface area contributed by atoms with Gasteiger partial charge in [0.15, 0.2) is 0 Å². The summed E-state index contributed by atoms with van der Waals surface area (Å²) >= 11 is 1.80. The van der Waals surface area contributed by atoms with Gasteiger partial charge in [0.05, 0.1) is 0 Å². The summed E-state index contributed by atoms with van der Waals surface area (Å²) in [6.07, 6.45) is 5.86. The maximum absolute atomic E-state index is 4.43. The molecule has 0 aliphatic heterocycles. The fraction of sp³-hybridized carbons (Fsp3) is 0.500. The second-order valence-electron chi connectivity index (χ2n) is 4.98. The molecule has 0 fully saturated rings. The molecule has 2 heterocycles. The highest BCUT2D eigenvalue weighted by Gasteiger charge is 2.10. The molecule has 0 atom stereocenters. The van der Waals surface area contributed by atoms with Crippen molar-refractivity contribution in [1.82, 2.24) is 9.97 Å². The molecular formula is C16H24N4S. The predicted molar refractivity (Wildman–Crippen MR) is 91.3 cm³/mol. The first-order valence-electron chi connectivity index (χ1n) is 7.69. The number of nitrogens with one attached hydrogen (secondary N) is 2. The molecule has 0 aliphatic rings. The van der Waals surface area contributed by atoms with Gasteiger partial charge in [-0.3, -0.25) is 0 Å². The highest BCUT2D eigenvalue weighted by atomic mass is 32.1. The Hall–Kier alpha value is -1.62. The monoisotopic (exact) mass is 304 g/mol.